The zero-order valence-corrected chi connectivity index (χ0v) is 10.6. The Hall–Kier alpha value is -1.07. The molecule has 1 fully saturated rings. The van der Waals surface area contributed by atoms with Crippen molar-refractivity contribution in [3.8, 4) is 0 Å². The van der Waals surface area contributed by atoms with Gasteiger partial charge in [-0.1, -0.05) is 0 Å². The molecule has 0 spiro atoms. The molecule has 1 aromatic carbocycles. The molecule has 1 aromatic rings. The summed E-state index contributed by atoms with van der Waals surface area (Å²) in [5, 5.41) is 2.72. The summed E-state index contributed by atoms with van der Waals surface area (Å²) in [5.41, 5.74) is 0.583. The van der Waals surface area contributed by atoms with Crippen molar-refractivity contribution in [2.75, 3.05) is 5.32 Å². The largest absolute Gasteiger partial charge is 0.326 e. The van der Waals surface area contributed by atoms with E-state index in [1.165, 1.54) is 24.3 Å². The smallest absolute Gasteiger partial charge is 0.261 e. The van der Waals surface area contributed by atoms with E-state index in [-0.39, 0.29) is 10.8 Å². The highest BCUT2D eigenvalue weighted by Gasteiger charge is 2.24. The molecule has 4 nitrogen and oxygen atoms in total. The van der Waals surface area contributed by atoms with Gasteiger partial charge in [-0.3, -0.25) is 4.79 Å². The van der Waals surface area contributed by atoms with E-state index in [0.717, 1.165) is 12.8 Å². The van der Waals surface area contributed by atoms with Gasteiger partial charge >= 0.3 is 0 Å². The number of halogens is 1. The number of benzene rings is 1. The molecule has 0 atom stereocenters. The average molecular weight is 274 g/mol. The summed E-state index contributed by atoms with van der Waals surface area (Å²) in [4.78, 5) is 11.5. The van der Waals surface area contributed by atoms with Crippen LogP contribution in [0.15, 0.2) is 29.2 Å². The van der Waals surface area contributed by atoms with Crippen LogP contribution in [-0.4, -0.2) is 14.3 Å². The standard InChI is InChI=1S/C11H12ClNO3S/c12-17(15,16)10-5-3-9(4-6-10)13-11(14)7-8-1-2-8/h3-6,8H,1-2,7H2,(H,13,14). The minimum absolute atomic E-state index is 0.0272. The lowest BCUT2D eigenvalue weighted by Gasteiger charge is -2.04. The number of anilines is 1. The van der Waals surface area contributed by atoms with E-state index < -0.39 is 9.05 Å². The van der Waals surface area contributed by atoms with Crippen LogP contribution in [0.4, 0.5) is 5.69 Å². The molecule has 1 aliphatic rings. The van der Waals surface area contributed by atoms with Crippen molar-refractivity contribution in [2.24, 2.45) is 5.92 Å². The van der Waals surface area contributed by atoms with Gasteiger partial charge in [0.25, 0.3) is 9.05 Å². The molecule has 6 heteroatoms. The summed E-state index contributed by atoms with van der Waals surface area (Å²) < 4.78 is 22.0. The highest BCUT2D eigenvalue weighted by molar-refractivity contribution is 8.13. The van der Waals surface area contributed by atoms with Crippen molar-refractivity contribution in [3.05, 3.63) is 24.3 Å². The summed E-state index contributed by atoms with van der Waals surface area (Å²) in [5.74, 6) is 0.492. The fourth-order valence-electron chi connectivity index (χ4n) is 1.50. The topological polar surface area (TPSA) is 63.2 Å². The van der Waals surface area contributed by atoms with Gasteiger partial charge in [-0.2, -0.15) is 0 Å². The molecule has 17 heavy (non-hydrogen) atoms. The van der Waals surface area contributed by atoms with Gasteiger partial charge < -0.3 is 5.32 Å². The van der Waals surface area contributed by atoms with Crippen LogP contribution in [0.1, 0.15) is 19.3 Å². The number of nitrogens with one attached hydrogen (secondary N) is 1. The van der Waals surface area contributed by atoms with Crippen molar-refractivity contribution in [1.82, 2.24) is 0 Å². The van der Waals surface area contributed by atoms with Gasteiger partial charge in [0.1, 0.15) is 0 Å². The zero-order valence-electron chi connectivity index (χ0n) is 9.02. The first-order valence-electron chi connectivity index (χ1n) is 5.30. The Labute approximate surface area is 104 Å². The summed E-state index contributed by atoms with van der Waals surface area (Å²) in [7, 11) is 1.48. The molecular formula is C11H12ClNO3S. The molecule has 2 rings (SSSR count). The molecule has 0 heterocycles. The number of carbonyl (C=O) groups excluding carboxylic acids is 1. The minimum atomic E-state index is -3.70. The molecule has 0 unspecified atom stereocenters. The molecule has 0 saturated heterocycles. The summed E-state index contributed by atoms with van der Waals surface area (Å²) in [6, 6.07) is 5.80. The highest BCUT2D eigenvalue weighted by Crippen LogP contribution is 2.32. The molecule has 92 valence electrons. The van der Waals surface area contributed by atoms with Crippen molar-refractivity contribution in [1.29, 1.82) is 0 Å². The second-order valence-electron chi connectivity index (χ2n) is 4.16. The molecule has 1 saturated carbocycles. The Kier molecular flexibility index (Phi) is 3.40. The van der Waals surface area contributed by atoms with Crippen LogP contribution in [0.2, 0.25) is 0 Å². The van der Waals surface area contributed by atoms with E-state index in [4.69, 9.17) is 10.7 Å². The van der Waals surface area contributed by atoms with Gasteiger partial charge in [0.2, 0.25) is 5.91 Å². The summed E-state index contributed by atoms with van der Waals surface area (Å²) in [6.07, 6.45) is 2.78. The van der Waals surface area contributed by atoms with Gasteiger partial charge in [-0.25, -0.2) is 8.42 Å². The van der Waals surface area contributed by atoms with Crippen LogP contribution < -0.4 is 5.32 Å². The lowest BCUT2D eigenvalue weighted by atomic mass is 10.2. The number of amides is 1. The van der Waals surface area contributed by atoms with Crippen molar-refractivity contribution < 1.29 is 13.2 Å². The lowest BCUT2D eigenvalue weighted by Crippen LogP contribution is -2.11. The van der Waals surface area contributed by atoms with Gasteiger partial charge in [0, 0.05) is 22.8 Å². The van der Waals surface area contributed by atoms with Gasteiger partial charge in [0.15, 0.2) is 0 Å². The number of carbonyl (C=O) groups is 1. The molecule has 0 aliphatic heterocycles. The fourth-order valence-corrected chi connectivity index (χ4v) is 2.27. The van der Waals surface area contributed by atoms with E-state index >= 15 is 0 Å². The number of rotatable bonds is 4. The quantitative estimate of drug-likeness (QED) is 0.857. The SMILES string of the molecule is O=C(CC1CC1)Nc1ccc(S(=O)(=O)Cl)cc1. The Bertz CT molecular complexity index is 520. The lowest BCUT2D eigenvalue weighted by molar-refractivity contribution is -0.116. The average Bonchev–Trinajstić information content (AvgIpc) is 3.01. The first kappa shape index (κ1) is 12.4. The first-order chi connectivity index (χ1) is 7.95. The van der Waals surface area contributed by atoms with E-state index in [1.807, 2.05) is 0 Å². The van der Waals surface area contributed by atoms with Crippen LogP contribution in [0.3, 0.4) is 0 Å². The number of hydrogen-bond donors (Lipinski definition) is 1. The second kappa shape index (κ2) is 4.66. The van der Waals surface area contributed by atoms with Gasteiger partial charge in [-0.15, -0.1) is 0 Å². The second-order valence-corrected chi connectivity index (χ2v) is 6.72. The highest BCUT2D eigenvalue weighted by atomic mass is 35.7. The Morgan fingerprint density at radius 1 is 1.29 bits per heavy atom. The van der Waals surface area contributed by atoms with Crippen molar-refractivity contribution in [3.63, 3.8) is 0 Å². The normalized spacial score (nSPS) is 15.6. The molecule has 1 amide bonds. The Morgan fingerprint density at radius 3 is 2.35 bits per heavy atom. The van der Waals surface area contributed by atoms with E-state index in [1.54, 1.807) is 0 Å². The van der Waals surface area contributed by atoms with Crippen LogP contribution >= 0.6 is 10.7 Å². The van der Waals surface area contributed by atoms with Crippen molar-refractivity contribution in [2.45, 2.75) is 24.2 Å². The molecule has 0 bridgehead atoms. The van der Waals surface area contributed by atoms with Gasteiger partial charge in [-0.05, 0) is 43.0 Å². The molecule has 0 radical (unpaired) electrons. The summed E-state index contributed by atoms with van der Waals surface area (Å²) >= 11 is 0. The molecule has 1 N–H and O–H groups in total. The maximum atomic E-state index is 11.5. The predicted molar refractivity (Wildman–Crippen MR) is 65.5 cm³/mol. The van der Waals surface area contributed by atoms with E-state index in [9.17, 15) is 13.2 Å². The minimum Gasteiger partial charge on any atom is -0.326 e. The van der Waals surface area contributed by atoms with Crippen LogP contribution in [0.5, 0.6) is 0 Å². The van der Waals surface area contributed by atoms with Gasteiger partial charge in [0.05, 0.1) is 4.90 Å². The summed E-state index contributed by atoms with van der Waals surface area (Å²) in [6.45, 7) is 0. The monoisotopic (exact) mass is 273 g/mol. The molecule has 1 aliphatic carbocycles. The van der Waals surface area contributed by atoms with Crippen LogP contribution in [0.25, 0.3) is 0 Å². The maximum Gasteiger partial charge on any atom is 0.261 e. The van der Waals surface area contributed by atoms with Crippen molar-refractivity contribution >= 4 is 31.3 Å². The third-order valence-corrected chi connectivity index (χ3v) is 3.96. The van der Waals surface area contributed by atoms with E-state index in [2.05, 4.69) is 5.32 Å². The third-order valence-electron chi connectivity index (χ3n) is 2.59. The van der Waals surface area contributed by atoms with Crippen LogP contribution in [-0.2, 0) is 13.8 Å². The van der Waals surface area contributed by atoms with Crippen LogP contribution in [0, 0.1) is 5.92 Å². The van der Waals surface area contributed by atoms with E-state index in [0.29, 0.717) is 18.0 Å². The Balaban J connectivity index is 2.00. The Morgan fingerprint density at radius 2 is 1.88 bits per heavy atom. The number of hydrogen-bond acceptors (Lipinski definition) is 3. The molecular weight excluding hydrogens is 262 g/mol. The third kappa shape index (κ3) is 3.71. The first-order valence-corrected chi connectivity index (χ1v) is 7.60. The predicted octanol–water partition coefficient (Wildman–Crippen LogP) is 2.35. The molecule has 0 aromatic heterocycles. The maximum absolute atomic E-state index is 11.5. The fraction of sp³-hybridized carbons (Fsp3) is 0.364. The zero-order chi connectivity index (χ0) is 12.5.